The van der Waals surface area contributed by atoms with E-state index in [-0.39, 0.29) is 11.6 Å². The van der Waals surface area contributed by atoms with Crippen molar-refractivity contribution >= 4 is 33.3 Å². The number of benzene rings is 2. The van der Waals surface area contributed by atoms with Crippen molar-refractivity contribution in [3.8, 4) is 0 Å². The molecule has 0 aliphatic heterocycles. The number of halogens is 1. The maximum atomic E-state index is 12.3. The van der Waals surface area contributed by atoms with Crippen LogP contribution in [0.1, 0.15) is 16.1 Å². The molecule has 3 aromatic rings. The minimum Gasteiger partial charge on any atom is -0.354 e. The lowest BCUT2D eigenvalue weighted by Gasteiger charge is -2.17. The van der Waals surface area contributed by atoms with Crippen LogP contribution < -0.4 is 10.2 Å². The first-order chi connectivity index (χ1) is 12.1. The number of carbonyl (C=O) groups is 1. The van der Waals surface area contributed by atoms with Gasteiger partial charge in [0.2, 0.25) is 0 Å². The summed E-state index contributed by atoms with van der Waals surface area (Å²) in [6, 6.07) is 17.5. The summed E-state index contributed by atoms with van der Waals surface area (Å²) in [5.74, 6) is 0.422. The number of carbonyl (C=O) groups excluding carboxylic acids is 1. The molecule has 0 saturated heterocycles. The van der Waals surface area contributed by atoms with E-state index in [1.54, 1.807) is 6.20 Å². The van der Waals surface area contributed by atoms with Gasteiger partial charge in [0.25, 0.3) is 5.91 Å². The molecule has 0 bridgehead atoms. The summed E-state index contributed by atoms with van der Waals surface area (Å²) in [5, 5.41) is 2.80. The first-order valence-electron chi connectivity index (χ1n) is 7.76. The molecule has 1 heterocycles. The second kappa shape index (κ2) is 7.90. The number of hydrogen-bond acceptors (Lipinski definition) is 4. The molecule has 2 aromatic carbocycles. The van der Waals surface area contributed by atoms with Crippen LogP contribution in [0, 0.1) is 0 Å². The van der Waals surface area contributed by atoms with Crippen LogP contribution in [0.3, 0.4) is 0 Å². The van der Waals surface area contributed by atoms with Crippen LogP contribution in [0.25, 0.3) is 0 Å². The van der Waals surface area contributed by atoms with E-state index in [0.29, 0.717) is 11.5 Å². The lowest BCUT2D eigenvalue weighted by Crippen LogP contribution is -2.19. The Bertz CT molecular complexity index is 853. The fourth-order valence-corrected chi connectivity index (χ4v) is 2.73. The molecule has 0 aliphatic rings. The highest BCUT2D eigenvalue weighted by Gasteiger charge is 2.10. The molecule has 0 unspecified atom stereocenters. The smallest absolute Gasteiger partial charge is 0.275 e. The topological polar surface area (TPSA) is 58.1 Å². The molecular formula is C19H17BrN4O. The largest absolute Gasteiger partial charge is 0.354 e. The quantitative estimate of drug-likeness (QED) is 0.704. The van der Waals surface area contributed by atoms with Gasteiger partial charge in [-0.05, 0) is 23.8 Å². The number of aromatic nitrogens is 2. The third-order valence-electron chi connectivity index (χ3n) is 3.61. The molecule has 5 nitrogen and oxygen atoms in total. The first-order valence-corrected chi connectivity index (χ1v) is 8.55. The van der Waals surface area contributed by atoms with Gasteiger partial charge in [-0.15, -0.1) is 0 Å². The van der Waals surface area contributed by atoms with Gasteiger partial charge in [0.05, 0.1) is 12.4 Å². The van der Waals surface area contributed by atoms with E-state index in [4.69, 9.17) is 0 Å². The minimum atomic E-state index is -0.289. The second-order valence-electron chi connectivity index (χ2n) is 5.57. The molecule has 0 fully saturated rings. The molecule has 0 aliphatic carbocycles. The molecule has 25 heavy (non-hydrogen) atoms. The van der Waals surface area contributed by atoms with E-state index in [2.05, 4.69) is 43.3 Å². The Balaban J connectivity index is 1.66. The Morgan fingerprint density at radius 1 is 1.08 bits per heavy atom. The van der Waals surface area contributed by atoms with Crippen molar-refractivity contribution in [3.05, 3.63) is 82.7 Å². The predicted molar refractivity (Wildman–Crippen MR) is 103 cm³/mol. The lowest BCUT2D eigenvalue weighted by molar-refractivity contribution is 0.102. The van der Waals surface area contributed by atoms with Crippen LogP contribution in [0.2, 0.25) is 0 Å². The Morgan fingerprint density at radius 3 is 2.56 bits per heavy atom. The average Bonchev–Trinajstić information content (AvgIpc) is 2.62. The van der Waals surface area contributed by atoms with Gasteiger partial charge in [-0.25, -0.2) is 9.97 Å². The van der Waals surface area contributed by atoms with Crippen molar-refractivity contribution in [1.29, 1.82) is 0 Å². The van der Waals surface area contributed by atoms with Crippen LogP contribution in [0.15, 0.2) is 71.5 Å². The molecule has 1 amide bonds. The van der Waals surface area contributed by atoms with E-state index in [1.165, 1.54) is 11.8 Å². The molecule has 1 N–H and O–H groups in total. The number of anilines is 2. The van der Waals surface area contributed by atoms with Crippen molar-refractivity contribution < 1.29 is 4.79 Å². The Hall–Kier alpha value is -2.73. The number of hydrogen-bond donors (Lipinski definition) is 1. The normalized spacial score (nSPS) is 10.3. The first kappa shape index (κ1) is 17.1. The molecule has 6 heteroatoms. The summed E-state index contributed by atoms with van der Waals surface area (Å²) in [6.45, 7) is 0.721. The maximum absolute atomic E-state index is 12.3. The fraction of sp³-hybridized carbons (Fsp3) is 0.105. The van der Waals surface area contributed by atoms with E-state index < -0.39 is 0 Å². The van der Waals surface area contributed by atoms with Gasteiger partial charge in [0.1, 0.15) is 11.5 Å². The zero-order valence-corrected chi connectivity index (χ0v) is 15.3. The predicted octanol–water partition coefficient (Wildman–Crippen LogP) is 4.13. The third-order valence-corrected chi connectivity index (χ3v) is 4.10. The maximum Gasteiger partial charge on any atom is 0.275 e. The highest BCUT2D eigenvalue weighted by atomic mass is 79.9. The molecule has 0 radical (unpaired) electrons. The van der Waals surface area contributed by atoms with E-state index in [0.717, 1.165) is 11.0 Å². The van der Waals surface area contributed by atoms with Gasteiger partial charge in [0.15, 0.2) is 0 Å². The van der Waals surface area contributed by atoms with Crippen molar-refractivity contribution in [3.63, 3.8) is 0 Å². The number of nitrogens with zero attached hydrogens (tertiary/aromatic N) is 3. The van der Waals surface area contributed by atoms with Gasteiger partial charge < -0.3 is 10.2 Å². The molecular weight excluding hydrogens is 380 g/mol. The van der Waals surface area contributed by atoms with Gasteiger partial charge in [-0.2, -0.15) is 0 Å². The zero-order chi connectivity index (χ0) is 17.6. The van der Waals surface area contributed by atoms with Gasteiger partial charge >= 0.3 is 0 Å². The van der Waals surface area contributed by atoms with Crippen molar-refractivity contribution in [2.75, 3.05) is 17.3 Å². The molecule has 126 valence electrons. The summed E-state index contributed by atoms with van der Waals surface area (Å²) in [4.78, 5) is 22.8. The summed E-state index contributed by atoms with van der Waals surface area (Å²) >= 11 is 3.38. The SMILES string of the molecule is CN(Cc1ccccc1)c1cnc(C(=O)Nc2cccc(Br)c2)cn1. The van der Waals surface area contributed by atoms with Crippen molar-refractivity contribution in [2.45, 2.75) is 6.54 Å². The Kier molecular flexibility index (Phi) is 5.40. The average molecular weight is 397 g/mol. The fourth-order valence-electron chi connectivity index (χ4n) is 2.34. The number of amides is 1. The number of nitrogens with one attached hydrogen (secondary N) is 1. The minimum absolute atomic E-state index is 0.275. The van der Waals surface area contributed by atoms with Crippen LogP contribution in [0.5, 0.6) is 0 Å². The highest BCUT2D eigenvalue weighted by Crippen LogP contribution is 2.17. The Labute approximate surface area is 154 Å². The number of rotatable bonds is 5. The Morgan fingerprint density at radius 2 is 1.88 bits per heavy atom. The van der Waals surface area contributed by atoms with Crippen molar-refractivity contribution in [2.24, 2.45) is 0 Å². The van der Waals surface area contributed by atoms with Gasteiger partial charge in [-0.1, -0.05) is 52.3 Å². The van der Waals surface area contributed by atoms with Crippen LogP contribution in [0.4, 0.5) is 11.5 Å². The second-order valence-corrected chi connectivity index (χ2v) is 6.48. The molecule has 0 spiro atoms. The van der Waals surface area contributed by atoms with Crippen LogP contribution in [-0.4, -0.2) is 22.9 Å². The van der Waals surface area contributed by atoms with E-state index >= 15 is 0 Å². The summed E-state index contributed by atoms with van der Waals surface area (Å²) in [7, 11) is 1.94. The van der Waals surface area contributed by atoms with E-state index in [9.17, 15) is 4.79 Å². The highest BCUT2D eigenvalue weighted by molar-refractivity contribution is 9.10. The summed E-state index contributed by atoms with van der Waals surface area (Å²) in [6.07, 6.45) is 3.10. The van der Waals surface area contributed by atoms with Gasteiger partial charge in [-0.3, -0.25) is 4.79 Å². The molecule has 0 atom stereocenters. The third kappa shape index (κ3) is 4.64. The zero-order valence-electron chi connectivity index (χ0n) is 13.7. The van der Waals surface area contributed by atoms with Crippen LogP contribution >= 0.6 is 15.9 Å². The van der Waals surface area contributed by atoms with Crippen LogP contribution in [-0.2, 0) is 6.54 Å². The summed E-state index contributed by atoms with van der Waals surface area (Å²) in [5.41, 5.74) is 2.16. The molecule has 0 saturated carbocycles. The van der Waals surface area contributed by atoms with Crippen molar-refractivity contribution in [1.82, 2.24) is 9.97 Å². The summed E-state index contributed by atoms with van der Waals surface area (Å²) < 4.78 is 0.897. The lowest BCUT2D eigenvalue weighted by atomic mass is 10.2. The van der Waals surface area contributed by atoms with Gasteiger partial charge in [0, 0.05) is 23.8 Å². The molecule has 3 rings (SSSR count). The molecule has 1 aromatic heterocycles. The van der Waals surface area contributed by atoms with E-state index in [1.807, 2.05) is 54.4 Å². The monoisotopic (exact) mass is 396 g/mol. The standard InChI is InChI=1S/C19H17BrN4O/c1-24(13-14-6-3-2-4-7-14)18-12-21-17(11-22-18)19(25)23-16-9-5-8-15(20)10-16/h2-12H,13H2,1H3,(H,23,25).